The first-order valence-electron chi connectivity index (χ1n) is 7.32. The minimum Gasteiger partial charge on any atom is -0.494 e. The molecule has 1 aromatic carbocycles. The van der Waals surface area contributed by atoms with Gasteiger partial charge in [0.25, 0.3) is 0 Å². The van der Waals surface area contributed by atoms with E-state index < -0.39 is 10.0 Å². The Hall–Kier alpha value is -1.86. The molecular formula is C16H18N2O3S2. The molecule has 0 N–H and O–H groups in total. The Kier molecular flexibility index (Phi) is 4.41. The van der Waals surface area contributed by atoms with Crippen molar-refractivity contribution in [1.29, 1.82) is 0 Å². The van der Waals surface area contributed by atoms with Gasteiger partial charge in [-0.15, -0.1) is 11.3 Å². The number of thiophene rings is 1. The molecule has 7 heteroatoms. The number of ether oxygens (including phenoxy) is 1. The Labute approximate surface area is 140 Å². The van der Waals surface area contributed by atoms with Gasteiger partial charge < -0.3 is 4.74 Å². The summed E-state index contributed by atoms with van der Waals surface area (Å²) in [6.07, 6.45) is 1.76. The van der Waals surface area contributed by atoms with E-state index in [0.717, 1.165) is 21.9 Å². The van der Waals surface area contributed by atoms with E-state index in [1.165, 1.54) is 10.7 Å². The van der Waals surface area contributed by atoms with Crippen molar-refractivity contribution in [2.45, 2.75) is 19.4 Å². The molecule has 0 amide bonds. The van der Waals surface area contributed by atoms with E-state index in [4.69, 9.17) is 4.74 Å². The first-order valence-corrected chi connectivity index (χ1v) is 10.1. The van der Waals surface area contributed by atoms with Crippen molar-refractivity contribution in [3.05, 3.63) is 52.2 Å². The molecule has 0 aliphatic carbocycles. The summed E-state index contributed by atoms with van der Waals surface area (Å²) in [4.78, 5) is 1.01. The van der Waals surface area contributed by atoms with Crippen molar-refractivity contribution in [3.8, 4) is 5.75 Å². The second-order valence-electron chi connectivity index (χ2n) is 5.28. The number of hydrogen-bond donors (Lipinski definition) is 0. The third-order valence-corrected chi connectivity index (χ3v) is 5.53. The van der Waals surface area contributed by atoms with Crippen LogP contribution in [-0.2, 0) is 10.0 Å². The molecule has 2 aromatic rings. The van der Waals surface area contributed by atoms with Crippen LogP contribution in [0.25, 0.3) is 0 Å². The van der Waals surface area contributed by atoms with Crippen molar-refractivity contribution in [1.82, 2.24) is 4.41 Å². The lowest BCUT2D eigenvalue weighted by atomic mass is 10.0. The monoisotopic (exact) mass is 350 g/mol. The van der Waals surface area contributed by atoms with E-state index in [1.807, 2.05) is 48.7 Å². The summed E-state index contributed by atoms with van der Waals surface area (Å²) in [7, 11) is -3.42. The normalized spacial score (nSPS) is 18.1. The molecule has 1 aliphatic rings. The van der Waals surface area contributed by atoms with Crippen molar-refractivity contribution in [2.75, 3.05) is 12.9 Å². The van der Waals surface area contributed by atoms with Gasteiger partial charge in [0.2, 0.25) is 10.0 Å². The zero-order valence-corrected chi connectivity index (χ0v) is 14.6. The van der Waals surface area contributed by atoms with Crippen molar-refractivity contribution in [2.24, 2.45) is 5.10 Å². The Balaban J connectivity index is 1.92. The van der Waals surface area contributed by atoms with E-state index in [-0.39, 0.29) is 6.04 Å². The van der Waals surface area contributed by atoms with Crippen LogP contribution >= 0.6 is 11.3 Å². The zero-order valence-electron chi connectivity index (χ0n) is 13.0. The van der Waals surface area contributed by atoms with Gasteiger partial charge in [-0.3, -0.25) is 0 Å². The largest absolute Gasteiger partial charge is 0.494 e. The number of benzene rings is 1. The first-order chi connectivity index (χ1) is 11.0. The molecule has 2 heterocycles. The molecule has 0 saturated heterocycles. The van der Waals surface area contributed by atoms with Crippen LogP contribution in [0.3, 0.4) is 0 Å². The molecule has 3 rings (SSSR count). The van der Waals surface area contributed by atoms with Gasteiger partial charge in [-0.25, -0.2) is 8.42 Å². The van der Waals surface area contributed by atoms with Gasteiger partial charge in [-0.1, -0.05) is 18.2 Å². The van der Waals surface area contributed by atoms with Crippen LogP contribution < -0.4 is 4.74 Å². The highest BCUT2D eigenvalue weighted by atomic mass is 32.2. The Morgan fingerprint density at radius 3 is 2.61 bits per heavy atom. The maximum absolute atomic E-state index is 12.1. The van der Waals surface area contributed by atoms with Crippen LogP contribution in [0.5, 0.6) is 5.75 Å². The summed E-state index contributed by atoms with van der Waals surface area (Å²) in [6.45, 7) is 2.53. The highest BCUT2D eigenvalue weighted by molar-refractivity contribution is 7.88. The summed E-state index contributed by atoms with van der Waals surface area (Å²) in [5.41, 5.74) is 1.72. The zero-order chi connectivity index (χ0) is 16.4. The van der Waals surface area contributed by atoms with Gasteiger partial charge in [-0.05, 0) is 36.1 Å². The van der Waals surface area contributed by atoms with Gasteiger partial charge in [0.05, 0.1) is 29.5 Å². The fourth-order valence-electron chi connectivity index (χ4n) is 2.59. The number of rotatable bonds is 5. The van der Waals surface area contributed by atoms with E-state index >= 15 is 0 Å². The molecule has 23 heavy (non-hydrogen) atoms. The van der Waals surface area contributed by atoms with Crippen LogP contribution in [0.1, 0.15) is 29.8 Å². The molecule has 5 nitrogen and oxygen atoms in total. The third-order valence-electron chi connectivity index (χ3n) is 3.59. The maximum atomic E-state index is 12.1. The number of nitrogens with zero attached hydrogens (tertiary/aromatic N) is 2. The highest BCUT2D eigenvalue weighted by Crippen LogP contribution is 2.35. The smallest absolute Gasteiger partial charge is 0.247 e. The predicted octanol–water partition coefficient (Wildman–Crippen LogP) is 3.26. The van der Waals surface area contributed by atoms with Gasteiger partial charge in [0, 0.05) is 6.42 Å². The summed E-state index contributed by atoms with van der Waals surface area (Å²) in [5, 5.41) is 6.32. The maximum Gasteiger partial charge on any atom is 0.247 e. The molecule has 0 unspecified atom stereocenters. The van der Waals surface area contributed by atoms with Crippen LogP contribution in [0.4, 0.5) is 0 Å². The molecule has 1 atom stereocenters. The van der Waals surface area contributed by atoms with Crippen molar-refractivity contribution < 1.29 is 13.2 Å². The van der Waals surface area contributed by atoms with Crippen LogP contribution in [0.2, 0.25) is 0 Å². The average Bonchev–Trinajstić information content (AvgIpc) is 3.17. The fraction of sp³-hybridized carbons (Fsp3) is 0.312. The summed E-state index contributed by atoms with van der Waals surface area (Å²) < 4.78 is 30.9. The van der Waals surface area contributed by atoms with E-state index in [0.29, 0.717) is 13.0 Å². The SMILES string of the molecule is CCOc1ccc([C@H]2CC(c3cccs3)=NN2S(C)(=O)=O)cc1. The Morgan fingerprint density at radius 2 is 2.04 bits per heavy atom. The predicted molar refractivity (Wildman–Crippen MR) is 92.5 cm³/mol. The summed E-state index contributed by atoms with van der Waals surface area (Å²) in [5.74, 6) is 0.777. The molecule has 0 fully saturated rings. The average molecular weight is 350 g/mol. The van der Waals surface area contributed by atoms with Crippen LogP contribution in [0.15, 0.2) is 46.9 Å². The van der Waals surface area contributed by atoms with Crippen LogP contribution in [0, 0.1) is 0 Å². The summed E-state index contributed by atoms with van der Waals surface area (Å²) >= 11 is 1.57. The molecule has 0 bridgehead atoms. The van der Waals surface area contributed by atoms with Gasteiger partial charge in [-0.2, -0.15) is 9.52 Å². The molecule has 122 valence electrons. The van der Waals surface area contributed by atoms with Crippen molar-refractivity contribution in [3.63, 3.8) is 0 Å². The standard InChI is InChI=1S/C16H18N2O3S2/c1-3-21-13-8-6-12(7-9-13)15-11-14(16-5-4-10-22-16)17-18(15)23(2,19)20/h4-10,15H,3,11H2,1-2H3/t15-/m1/s1. The second kappa shape index (κ2) is 6.33. The number of hydrogen-bond acceptors (Lipinski definition) is 5. The van der Waals surface area contributed by atoms with Crippen LogP contribution in [-0.4, -0.2) is 31.4 Å². The number of hydrazone groups is 1. The molecule has 0 spiro atoms. The topological polar surface area (TPSA) is 59.0 Å². The highest BCUT2D eigenvalue weighted by Gasteiger charge is 2.34. The fourth-order valence-corrected chi connectivity index (χ4v) is 4.21. The lowest BCUT2D eigenvalue weighted by Gasteiger charge is -2.21. The minimum absolute atomic E-state index is 0.308. The van der Waals surface area contributed by atoms with E-state index in [9.17, 15) is 8.42 Å². The molecular weight excluding hydrogens is 332 g/mol. The molecule has 1 aliphatic heterocycles. The Bertz CT molecular complexity index is 796. The molecule has 1 aromatic heterocycles. The quantitative estimate of drug-likeness (QED) is 0.832. The summed E-state index contributed by atoms with van der Waals surface area (Å²) in [6, 6.07) is 11.1. The molecule has 0 radical (unpaired) electrons. The third kappa shape index (κ3) is 3.40. The van der Waals surface area contributed by atoms with Gasteiger partial charge >= 0.3 is 0 Å². The van der Waals surface area contributed by atoms with Crippen molar-refractivity contribution >= 4 is 27.1 Å². The molecule has 0 saturated carbocycles. The number of sulfonamides is 1. The van der Waals surface area contributed by atoms with E-state index in [2.05, 4.69) is 5.10 Å². The lowest BCUT2D eigenvalue weighted by Crippen LogP contribution is -2.25. The van der Waals surface area contributed by atoms with E-state index in [1.54, 1.807) is 11.3 Å². The second-order valence-corrected chi connectivity index (χ2v) is 8.07. The van der Waals surface area contributed by atoms with Gasteiger partial charge in [0.1, 0.15) is 5.75 Å². The first kappa shape index (κ1) is 16.0. The van der Waals surface area contributed by atoms with Gasteiger partial charge in [0.15, 0.2) is 0 Å². The minimum atomic E-state index is -3.42. The lowest BCUT2D eigenvalue weighted by molar-refractivity contribution is 0.339. The Morgan fingerprint density at radius 1 is 1.30 bits per heavy atom.